The highest BCUT2D eigenvalue weighted by Crippen LogP contribution is 2.34. The van der Waals surface area contributed by atoms with Gasteiger partial charge >= 0.3 is 6.09 Å². The minimum absolute atomic E-state index is 0.356. The zero-order chi connectivity index (χ0) is 14.1. The molecule has 0 radical (unpaired) electrons. The number of carbonyl (C=O) groups excluding carboxylic acids is 1. The molecule has 2 aromatic carbocycles. The predicted molar refractivity (Wildman–Crippen MR) is 80.4 cm³/mol. The lowest BCUT2D eigenvalue weighted by Gasteiger charge is -2.27. The number of amides is 1. The topological polar surface area (TPSA) is 29.5 Å². The van der Waals surface area contributed by atoms with E-state index in [1.807, 2.05) is 61.5 Å². The highest BCUT2D eigenvalue weighted by Gasteiger charge is 2.26. The van der Waals surface area contributed by atoms with Crippen LogP contribution in [-0.2, 0) is 4.74 Å². The van der Waals surface area contributed by atoms with E-state index in [9.17, 15) is 4.79 Å². The van der Waals surface area contributed by atoms with Crippen LogP contribution in [0.3, 0.4) is 0 Å². The number of hydrogen-bond acceptors (Lipinski definition) is 2. The van der Waals surface area contributed by atoms with Crippen LogP contribution in [-0.4, -0.2) is 13.1 Å². The van der Waals surface area contributed by atoms with Crippen LogP contribution in [0.2, 0.25) is 0 Å². The zero-order valence-electron chi connectivity index (χ0n) is 11.5. The van der Waals surface area contributed by atoms with Gasteiger partial charge in [-0.3, -0.25) is 4.90 Å². The van der Waals surface area contributed by atoms with E-state index in [1.165, 1.54) is 4.90 Å². The molecular formula is C17H15NO2. The standard InChI is InChI=1S/C17H15NO2/c1-12-8-9-14-15(10-12)18(2)17(19)20-16(14)11-13-6-4-3-5-7-13/h3-11H,1-2H3/b16-11-. The number of hydrogen-bond donors (Lipinski definition) is 0. The van der Waals surface area contributed by atoms with E-state index in [-0.39, 0.29) is 6.09 Å². The second-order valence-corrected chi connectivity index (χ2v) is 4.87. The van der Waals surface area contributed by atoms with Gasteiger partial charge in [-0.15, -0.1) is 0 Å². The minimum Gasteiger partial charge on any atom is -0.409 e. The van der Waals surface area contributed by atoms with Crippen molar-refractivity contribution >= 4 is 23.6 Å². The lowest BCUT2D eigenvalue weighted by atomic mass is 10.0. The molecule has 0 bridgehead atoms. The number of aryl methyl sites for hydroxylation is 1. The summed E-state index contributed by atoms with van der Waals surface area (Å²) in [6.45, 7) is 2.01. The van der Waals surface area contributed by atoms with E-state index in [0.717, 1.165) is 22.4 Å². The zero-order valence-corrected chi connectivity index (χ0v) is 11.5. The molecule has 1 heterocycles. The Hall–Kier alpha value is -2.55. The Morgan fingerprint density at radius 3 is 2.60 bits per heavy atom. The van der Waals surface area contributed by atoms with Crippen molar-refractivity contribution in [2.24, 2.45) is 0 Å². The average molecular weight is 265 g/mol. The van der Waals surface area contributed by atoms with Gasteiger partial charge in [0.15, 0.2) is 0 Å². The van der Waals surface area contributed by atoms with Gasteiger partial charge in [-0.25, -0.2) is 4.79 Å². The van der Waals surface area contributed by atoms with Crippen molar-refractivity contribution < 1.29 is 9.53 Å². The second kappa shape index (κ2) is 4.85. The lowest BCUT2D eigenvalue weighted by Crippen LogP contribution is -2.31. The maximum absolute atomic E-state index is 11.9. The lowest BCUT2D eigenvalue weighted by molar-refractivity contribution is 0.199. The third-order valence-corrected chi connectivity index (χ3v) is 3.35. The van der Waals surface area contributed by atoms with Gasteiger partial charge in [-0.2, -0.15) is 0 Å². The first-order chi connectivity index (χ1) is 9.65. The molecule has 0 saturated carbocycles. The molecule has 3 nitrogen and oxygen atoms in total. The summed E-state index contributed by atoms with van der Waals surface area (Å²) in [5, 5.41) is 0. The Morgan fingerprint density at radius 2 is 1.85 bits per heavy atom. The van der Waals surface area contributed by atoms with Gasteiger partial charge in [0.25, 0.3) is 0 Å². The van der Waals surface area contributed by atoms with Gasteiger partial charge in [0.2, 0.25) is 0 Å². The Kier molecular flexibility index (Phi) is 3.03. The monoisotopic (exact) mass is 265 g/mol. The normalized spacial score (nSPS) is 16.0. The van der Waals surface area contributed by atoms with Crippen LogP contribution >= 0.6 is 0 Å². The molecule has 0 aliphatic carbocycles. The van der Waals surface area contributed by atoms with Crippen LogP contribution < -0.4 is 4.90 Å². The predicted octanol–water partition coefficient (Wildman–Crippen LogP) is 4.08. The molecule has 0 aromatic heterocycles. The molecule has 3 heteroatoms. The molecule has 0 saturated heterocycles. The van der Waals surface area contributed by atoms with Crippen molar-refractivity contribution in [2.75, 3.05) is 11.9 Å². The van der Waals surface area contributed by atoms with Gasteiger partial charge in [-0.05, 0) is 36.3 Å². The van der Waals surface area contributed by atoms with E-state index in [1.54, 1.807) is 7.05 Å². The third-order valence-electron chi connectivity index (χ3n) is 3.35. The summed E-state index contributed by atoms with van der Waals surface area (Å²) in [6, 6.07) is 15.8. The van der Waals surface area contributed by atoms with Crippen molar-refractivity contribution in [3.8, 4) is 0 Å². The quantitative estimate of drug-likeness (QED) is 0.777. The first kappa shape index (κ1) is 12.5. The molecule has 2 aromatic rings. The Labute approximate surface area is 118 Å². The third kappa shape index (κ3) is 2.18. The van der Waals surface area contributed by atoms with Crippen LogP contribution in [0.25, 0.3) is 11.8 Å². The van der Waals surface area contributed by atoms with E-state index in [2.05, 4.69) is 0 Å². The van der Waals surface area contributed by atoms with Crippen LogP contribution in [0.4, 0.5) is 10.5 Å². The van der Waals surface area contributed by atoms with Gasteiger partial charge < -0.3 is 4.74 Å². The number of cyclic esters (lactones) is 1. The first-order valence-electron chi connectivity index (χ1n) is 6.48. The number of carbonyl (C=O) groups is 1. The Morgan fingerprint density at radius 1 is 1.10 bits per heavy atom. The summed E-state index contributed by atoms with van der Waals surface area (Å²) in [5.74, 6) is 0.592. The van der Waals surface area contributed by atoms with E-state index in [4.69, 9.17) is 4.74 Å². The van der Waals surface area contributed by atoms with Crippen LogP contribution in [0.1, 0.15) is 16.7 Å². The highest BCUT2D eigenvalue weighted by atomic mass is 16.6. The fourth-order valence-electron chi connectivity index (χ4n) is 2.25. The molecular weight excluding hydrogens is 250 g/mol. The smallest absolute Gasteiger partial charge is 0.409 e. The van der Waals surface area contributed by atoms with Gasteiger partial charge in [0, 0.05) is 12.6 Å². The number of nitrogens with zero attached hydrogens (tertiary/aromatic N) is 1. The molecule has 1 amide bonds. The number of anilines is 1. The molecule has 0 atom stereocenters. The fourth-order valence-corrected chi connectivity index (χ4v) is 2.25. The first-order valence-corrected chi connectivity index (χ1v) is 6.48. The van der Waals surface area contributed by atoms with Crippen LogP contribution in [0, 0.1) is 6.92 Å². The Balaban J connectivity index is 2.13. The molecule has 100 valence electrons. The molecule has 0 spiro atoms. The summed E-state index contributed by atoms with van der Waals surface area (Å²) in [6.07, 6.45) is 1.53. The molecule has 0 fully saturated rings. The molecule has 20 heavy (non-hydrogen) atoms. The number of rotatable bonds is 1. The van der Waals surface area contributed by atoms with Crippen LogP contribution in [0.15, 0.2) is 48.5 Å². The van der Waals surface area contributed by atoms with Crippen molar-refractivity contribution in [3.05, 3.63) is 65.2 Å². The Bertz CT molecular complexity index is 689. The maximum Gasteiger partial charge on any atom is 0.419 e. The van der Waals surface area contributed by atoms with Gasteiger partial charge in [0.1, 0.15) is 5.76 Å². The van der Waals surface area contributed by atoms with E-state index in [0.29, 0.717) is 5.76 Å². The van der Waals surface area contributed by atoms with Crippen molar-refractivity contribution in [1.82, 2.24) is 0 Å². The molecule has 0 N–H and O–H groups in total. The summed E-state index contributed by atoms with van der Waals surface area (Å²) in [7, 11) is 1.72. The van der Waals surface area contributed by atoms with Crippen LogP contribution in [0.5, 0.6) is 0 Å². The molecule has 0 unspecified atom stereocenters. The molecule has 3 rings (SSSR count). The van der Waals surface area contributed by atoms with Crippen molar-refractivity contribution in [2.45, 2.75) is 6.92 Å². The number of benzene rings is 2. The fraction of sp³-hybridized carbons (Fsp3) is 0.118. The summed E-state index contributed by atoms with van der Waals surface area (Å²) < 4.78 is 5.42. The highest BCUT2D eigenvalue weighted by molar-refractivity contribution is 6.01. The van der Waals surface area contributed by atoms with Gasteiger partial charge in [-0.1, -0.05) is 36.4 Å². The van der Waals surface area contributed by atoms with Crippen molar-refractivity contribution in [1.29, 1.82) is 0 Å². The van der Waals surface area contributed by atoms with Crippen molar-refractivity contribution in [3.63, 3.8) is 0 Å². The SMILES string of the molecule is Cc1ccc2c(c1)N(C)C(=O)O/C2=C\c1ccccc1. The maximum atomic E-state index is 11.9. The van der Waals surface area contributed by atoms with Gasteiger partial charge in [0.05, 0.1) is 5.69 Å². The van der Waals surface area contributed by atoms with E-state index < -0.39 is 0 Å². The number of fused-ring (bicyclic) bond motifs is 1. The summed E-state index contributed by atoms with van der Waals surface area (Å²) in [5.41, 5.74) is 3.93. The summed E-state index contributed by atoms with van der Waals surface area (Å²) in [4.78, 5) is 13.5. The minimum atomic E-state index is -0.356. The summed E-state index contributed by atoms with van der Waals surface area (Å²) >= 11 is 0. The largest absolute Gasteiger partial charge is 0.419 e. The molecule has 1 aliphatic heterocycles. The number of ether oxygens (including phenoxy) is 1. The average Bonchev–Trinajstić information content (AvgIpc) is 2.45. The second-order valence-electron chi connectivity index (χ2n) is 4.87. The molecule has 1 aliphatic rings. The van der Waals surface area contributed by atoms with E-state index >= 15 is 0 Å².